The van der Waals surface area contributed by atoms with Crippen molar-refractivity contribution in [1.29, 1.82) is 0 Å². The number of aliphatic hydroxyl groups excluding tert-OH is 2. The monoisotopic (exact) mass is 907 g/mol. The Balaban J connectivity index is 1.31. The molecule has 1 unspecified atom stereocenters. The van der Waals surface area contributed by atoms with E-state index in [4.69, 9.17) is 43.2 Å². The van der Waals surface area contributed by atoms with Crippen molar-refractivity contribution in [1.82, 2.24) is 9.88 Å². The van der Waals surface area contributed by atoms with Gasteiger partial charge in [-0.05, 0) is 117 Å². The van der Waals surface area contributed by atoms with Gasteiger partial charge in [-0.1, -0.05) is 48.4 Å². The van der Waals surface area contributed by atoms with Gasteiger partial charge in [0, 0.05) is 49.8 Å². The van der Waals surface area contributed by atoms with E-state index in [0.717, 1.165) is 66.6 Å². The zero-order valence-corrected chi connectivity index (χ0v) is 38.2. The van der Waals surface area contributed by atoms with E-state index in [0.29, 0.717) is 61.0 Å². The highest BCUT2D eigenvalue weighted by Crippen LogP contribution is 2.62. The highest BCUT2D eigenvalue weighted by atomic mass is 16.8. The lowest BCUT2D eigenvalue weighted by molar-refractivity contribution is -0.256. The molecule has 3 aromatic rings. The topological polar surface area (TPSA) is 160 Å². The Kier molecular flexibility index (Phi) is 16.0. The average Bonchev–Trinajstić information content (AvgIpc) is 3.81. The van der Waals surface area contributed by atoms with Crippen LogP contribution in [0.25, 0.3) is 0 Å². The molecule has 2 N–H and O–H groups in total. The fraction of sp³-hybridized carbons (Fsp3) is 0.519. The summed E-state index contributed by atoms with van der Waals surface area (Å²) in [6, 6.07) is 16.7. The molecule has 8 rings (SSSR count). The number of amides is 1. The molecule has 1 amide bonds. The number of oxime groups is 1. The van der Waals surface area contributed by atoms with Crippen LogP contribution in [-0.2, 0) is 32.2 Å². The van der Waals surface area contributed by atoms with Crippen LogP contribution in [0.15, 0.2) is 96.7 Å². The van der Waals surface area contributed by atoms with E-state index < -0.39 is 30.1 Å². The van der Waals surface area contributed by atoms with Crippen molar-refractivity contribution in [2.75, 3.05) is 39.8 Å². The van der Waals surface area contributed by atoms with Crippen molar-refractivity contribution in [2.45, 2.75) is 115 Å². The van der Waals surface area contributed by atoms with Crippen LogP contribution < -0.4 is 18.9 Å². The number of ether oxygens (including phenoxy) is 7. The van der Waals surface area contributed by atoms with Crippen LogP contribution in [0, 0.1) is 24.7 Å². The fourth-order valence-corrected chi connectivity index (χ4v) is 10.3. The number of unbranched alkanes of at least 4 members (excludes halogenated alkanes) is 2. The molecule has 3 aliphatic heterocycles. The molecule has 66 heavy (non-hydrogen) atoms. The van der Waals surface area contributed by atoms with E-state index in [9.17, 15) is 15.0 Å². The van der Waals surface area contributed by atoms with Gasteiger partial charge in [0.05, 0.1) is 37.1 Å². The molecule has 2 aliphatic carbocycles. The Hall–Kier alpha value is -5.41. The molecule has 354 valence electrons. The predicted octanol–water partition coefficient (Wildman–Crippen LogP) is 9.07. The highest BCUT2D eigenvalue weighted by molar-refractivity contribution is 6.03. The molecule has 4 heterocycles. The van der Waals surface area contributed by atoms with Crippen LogP contribution in [0.1, 0.15) is 99.1 Å². The first-order valence-electron chi connectivity index (χ1n) is 23.7. The molecule has 0 bridgehead atoms. The normalized spacial score (nSPS) is 25.4. The molecule has 14 nitrogen and oxygen atoms in total. The molecular formula is C52H65N3O11. The van der Waals surface area contributed by atoms with Gasteiger partial charge in [0.1, 0.15) is 24.1 Å². The van der Waals surface area contributed by atoms with Crippen LogP contribution in [-0.4, -0.2) is 89.8 Å². The first-order valence-corrected chi connectivity index (χ1v) is 23.7. The molecule has 1 aromatic heterocycles. The van der Waals surface area contributed by atoms with Crippen molar-refractivity contribution < 1.29 is 53.0 Å². The van der Waals surface area contributed by atoms with E-state index in [1.165, 1.54) is 0 Å². The van der Waals surface area contributed by atoms with Crippen LogP contribution in [0.3, 0.4) is 0 Å². The maximum Gasteiger partial charge on any atom is 0.410 e. The number of hydrogen-bond acceptors (Lipinski definition) is 13. The van der Waals surface area contributed by atoms with Gasteiger partial charge in [0.2, 0.25) is 18.9 Å². The van der Waals surface area contributed by atoms with Gasteiger partial charge in [-0.2, -0.15) is 0 Å². The van der Waals surface area contributed by atoms with Crippen LogP contribution in [0.2, 0.25) is 0 Å². The summed E-state index contributed by atoms with van der Waals surface area (Å²) in [5, 5.41) is 25.0. The molecule has 7 atom stereocenters. The van der Waals surface area contributed by atoms with Gasteiger partial charge in [-0.3, -0.25) is 9.88 Å². The third-order valence-corrected chi connectivity index (χ3v) is 13.3. The van der Waals surface area contributed by atoms with E-state index in [-0.39, 0.29) is 70.5 Å². The number of aromatic nitrogens is 1. The molecule has 2 aromatic carbocycles. The van der Waals surface area contributed by atoms with Gasteiger partial charge in [-0.25, -0.2) is 4.79 Å². The number of carbonyl (C=O) groups is 1. The maximum atomic E-state index is 14.9. The van der Waals surface area contributed by atoms with E-state index >= 15 is 0 Å². The number of benzene rings is 2. The predicted molar refractivity (Wildman–Crippen MR) is 247 cm³/mol. The number of rotatable bonds is 22. The van der Waals surface area contributed by atoms with E-state index in [2.05, 4.69) is 30.3 Å². The smallest absolute Gasteiger partial charge is 0.410 e. The van der Waals surface area contributed by atoms with E-state index in [1.807, 2.05) is 55.5 Å². The number of carbonyl (C=O) groups excluding carboxylic acids is 1. The molecule has 14 heteroatoms. The number of allylic oxidation sites excluding steroid dienone is 1. The summed E-state index contributed by atoms with van der Waals surface area (Å²) in [6.45, 7) is 11.4. The summed E-state index contributed by atoms with van der Waals surface area (Å²) in [7, 11) is 0. The number of aryl methyl sites for hydroxylation is 1. The molecular weight excluding hydrogens is 843 g/mol. The number of aliphatic hydroxyl groups is 2. The first kappa shape index (κ1) is 47.1. The van der Waals surface area contributed by atoms with Crippen LogP contribution in [0.4, 0.5) is 4.79 Å². The Morgan fingerprint density at radius 1 is 0.985 bits per heavy atom. The quantitative estimate of drug-likeness (QED) is 0.0560. The maximum absolute atomic E-state index is 14.9. The average molecular weight is 908 g/mol. The van der Waals surface area contributed by atoms with Crippen molar-refractivity contribution in [2.24, 2.45) is 22.9 Å². The summed E-state index contributed by atoms with van der Waals surface area (Å²) < 4.78 is 44.6. The minimum Gasteiger partial charge on any atom is -0.487 e. The third-order valence-electron chi connectivity index (χ3n) is 13.3. The molecule has 1 saturated carbocycles. The first-order chi connectivity index (χ1) is 32.3. The van der Waals surface area contributed by atoms with Gasteiger partial charge >= 0.3 is 6.09 Å². The lowest BCUT2D eigenvalue weighted by Gasteiger charge is -2.60. The highest BCUT2D eigenvalue weighted by Gasteiger charge is 2.66. The molecule has 5 aliphatic rings. The Morgan fingerprint density at radius 3 is 2.61 bits per heavy atom. The van der Waals surface area contributed by atoms with Crippen LogP contribution in [0.5, 0.6) is 23.0 Å². The summed E-state index contributed by atoms with van der Waals surface area (Å²) in [4.78, 5) is 27.5. The number of fused-ring (bicyclic) bond motifs is 3. The van der Waals surface area contributed by atoms with Crippen molar-refractivity contribution in [3.8, 4) is 23.0 Å². The molecule has 2 fully saturated rings. The molecule has 0 radical (unpaired) electrons. The zero-order valence-electron chi connectivity index (χ0n) is 38.2. The second-order valence-electron chi connectivity index (χ2n) is 17.7. The van der Waals surface area contributed by atoms with Crippen molar-refractivity contribution >= 4 is 11.8 Å². The van der Waals surface area contributed by atoms with Crippen molar-refractivity contribution in [3.63, 3.8) is 0 Å². The minimum atomic E-state index is -1.50. The second-order valence-corrected chi connectivity index (χ2v) is 17.7. The number of pyridine rings is 1. The SMILES string of the molecule is C=CCCOC(=O)N(Cc1ccc2c(c1)OCO2)[C@H]1CC(=NOC2CCCCO2)C2=C[C@H](CCCCO)[C@@H](CCCCO)[C@@H]3c4cc(OCc5cccc(C)n5)ccc4O[C@@]1(OCC=C)[C@H]23. The largest absolute Gasteiger partial charge is 0.487 e. The van der Waals surface area contributed by atoms with Gasteiger partial charge in [0.25, 0.3) is 0 Å². The van der Waals surface area contributed by atoms with Gasteiger partial charge in [-0.15, -0.1) is 13.2 Å². The Morgan fingerprint density at radius 2 is 1.82 bits per heavy atom. The standard InChI is InChI=1S/C52H65N3O11/c1-4-6-26-60-51(58)55(32-36-19-21-45-46(28-36)63-34-62-45)47-31-43(54-66-48-18-9-12-27-59-48)41-29-37(15-7-10-23-56)40(17-8-11-24-57)49-42-30-39(61-33-38-16-13-14-35(3)53-38)20-22-44(42)65-52(47,50(41)49)64-25-5-2/h4-5,13-14,16,19-22,28-30,37,40,47-50,56-57H,1-2,6-12,15,17-18,23-27,31-34H2,3H3/t37-,40+,47-,48?,49+,50+,52+/m0/s1. The zero-order chi connectivity index (χ0) is 45.9. The minimum absolute atomic E-state index is 0.0245. The fourth-order valence-electron chi connectivity index (χ4n) is 10.3. The molecule has 1 saturated heterocycles. The van der Waals surface area contributed by atoms with Gasteiger partial charge in [0.15, 0.2) is 11.5 Å². The Bertz CT molecular complexity index is 2210. The van der Waals surface area contributed by atoms with Crippen molar-refractivity contribution in [3.05, 3.63) is 114 Å². The number of hydrogen-bond donors (Lipinski definition) is 2. The lowest BCUT2D eigenvalue weighted by Crippen LogP contribution is -2.70. The Labute approximate surface area is 388 Å². The van der Waals surface area contributed by atoms with Crippen LogP contribution >= 0.6 is 0 Å². The van der Waals surface area contributed by atoms with Gasteiger partial charge < -0.3 is 48.2 Å². The third kappa shape index (κ3) is 10.6. The summed E-state index contributed by atoms with van der Waals surface area (Å²) >= 11 is 0. The summed E-state index contributed by atoms with van der Waals surface area (Å²) in [6.07, 6.45) is 12.5. The lowest BCUT2D eigenvalue weighted by atomic mass is 9.55. The molecule has 0 spiro atoms. The number of nitrogens with zero attached hydrogens (tertiary/aromatic N) is 3. The van der Waals surface area contributed by atoms with E-state index in [1.54, 1.807) is 17.1 Å². The summed E-state index contributed by atoms with van der Waals surface area (Å²) in [5.41, 5.74) is 5.06. The summed E-state index contributed by atoms with van der Waals surface area (Å²) in [5.74, 6) is 0.302. The second kappa shape index (κ2) is 22.4.